The molecule has 0 spiro atoms. The third kappa shape index (κ3) is 10.4. The summed E-state index contributed by atoms with van der Waals surface area (Å²) in [5.41, 5.74) is 14.5. The highest BCUT2D eigenvalue weighted by atomic mass is 79.9. The molecule has 0 N–H and O–H groups in total. The molecule has 0 fully saturated rings. The van der Waals surface area contributed by atoms with Crippen LogP contribution < -0.4 is 4.90 Å². The van der Waals surface area contributed by atoms with Crippen molar-refractivity contribution in [1.29, 1.82) is 0 Å². The molecular formula is C86H60BrNO2. The van der Waals surface area contributed by atoms with Crippen molar-refractivity contribution in [2.45, 2.75) is 13.8 Å². The summed E-state index contributed by atoms with van der Waals surface area (Å²) < 4.78 is 13.6. The molecular weight excluding hydrogens is 1160 g/mol. The number of fused-ring (bicyclic) bond motifs is 14. The zero-order valence-corrected chi connectivity index (χ0v) is 50.1. The van der Waals surface area contributed by atoms with Crippen molar-refractivity contribution in [3.05, 3.63) is 343 Å². The van der Waals surface area contributed by atoms with E-state index in [0.717, 1.165) is 61.1 Å². The average Bonchev–Trinajstić information content (AvgIpc) is 1.84. The molecule has 0 saturated carbocycles. The Bertz CT molecular complexity index is 5710. The van der Waals surface area contributed by atoms with E-state index in [1.165, 1.54) is 109 Å². The summed E-state index contributed by atoms with van der Waals surface area (Å²) in [7, 11) is 0. The van der Waals surface area contributed by atoms with E-state index in [1.807, 2.05) is 24.3 Å². The van der Waals surface area contributed by atoms with E-state index in [1.54, 1.807) is 0 Å². The third-order valence-electron chi connectivity index (χ3n) is 17.4. The summed E-state index contributed by atoms with van der Waals surface area (Å²) in [6, 6.07) is 117. The van der Waals surface area contributed by atoms with E-state index in [-0.39, 0.29) is 7.43 Å². The van der Waals surface area contributed by atoms with Crippen molar-refractivity contribution in [3.8, 4) is 22.3 Å². The highest BCUT2D eigenvalue weighted by Crippen LogP contribution is 2.45. The van der Waals surface area contributed by atoms with E-state index in [4.69, 9.17) is 8.83 Å². The summed E-state index contributed by atoms with van der Waals surface area (Å²) in [6.07, 6.45) is 0.887. The second-order valence-electron chi connectivity index (χ2n) is 22.8. The minimum atomic E-state index is 0. The maximum Gasteiger partial charge on any atom is 0.137 e. The van der Waals surface area contributed by atoms with Crippen molar-refractivity contribution in [3.63, 3.8) is 0 Å². The summed E-state index contributed by atoms with van der Waals surface area (Å²) in [4.78, 5) is 2.38. The number of hydrogen-bond donors (Lipinski definition) is 0. The van der Waals surface area contributed by atoms with Crippen LogP contribution in [0.15, 0.2) is 341 Å². The molecule has 4 heteroatoms. The molecule has 0 saturated heterocycles. The summed E-state index contributed by atoms with van der Waals surface area (Å²) in [6.45, 7) is 0. The summed E-state index contributed by atoms with van der Waals surface area (Å²) in [5, 5.41) is 19.8. The van der Waals surface area contributed by atoms with Gasteiger partial charge in [0.05, 0.1) is 5.69 Å². The topological polar surface area (TPSA) is 29.5 Å². The normalized spacial score (nSPS) is 11.3. The van der Waals surface area contributed by atoms with Gasteiger partial charge >= 0.3 is 0 Å². The van der Waals surface area contributed by atoms with E-state index in [2.05, 4.69) is 324 Å². The minimum Gasteiger partial charge on any atom is -0.456 e. The van der Waals surface area contributed by atoms with Crippen molar-refractivity contribution in [2.24, 2.45) is 0 Å². The van der Waals surface area contributed by atoms with Gasteiger partial charge in [-0.05, 0) is 160 Å². The van der Waals surface area contributed by atoms with Crippen LogP contribution in [0, 0.1) is 0 Å². The number of benzene rings is 16. The molecule has 0 aliphatic heterocycles. The highest BCUT2D eigenvalue weighted by Gasteiger charge is 2.20. The van der Waals surface area contributed by atoms with Gasteiger partial charge in [-0.15, -0.1) is 0 Å². The third-order valence-corrected chi connectivity index (χ3v) is 17.9. The Morgan fingerprint density at radius 3 is 1.30 bits per heavy atom. The van der Waals surface area contributed by atoms with Gasteiger partial charge < -0.3 is 13.7 Å². The number of halogens is 1. The molecule has 3 nitrogen and oxygen atoms in total. The van der Waals surface area contributed by atoms with Crippen molar-refractivity contribution >= 4 is 142 Å². The quantitative estimate of drug-likeness (QED) is 0.149. The Kier molecular flexibility index (Phi) is 14.8. The largest absolute Gasteiger partial charge is 0.456 e. The van der Waals surface area contributed by atoms with Crippen molar-refractivity contribution in [2.75, 3.05) is 4.90 Å². The molecule has 16 aromatic carbocycles. The molecule has 18 rings (SSSR count). The van der Waals surface area contributed by atoms with Crippen LogP contribution in [-0.4, -0.2) is 0 Å². The predicted molar refractivity (Wildman–Crippen MR) is 388 cm³/mol. The standard InChI is InChI=1S/C42H27NO.C27H18O.C16H11Br.CH4/c1-3-16-33-28(11-1)13-10-21-34(33)29-14-9-15-31(25-29)43(32-23-24-39-38-20-7-8-22-41(38)44-42(39)27-32)40-26-30-12-2-4-17-35(30)36-18-5-6-19-37(36)40;1-2-8-21-19(7-1)17-20(22-9-3-4-10-23(21)22)15-18-13-14-25-24-11-5-6-12-26(24)28-27(25)16-18;17-14-8-3-7-13(11-14)16-10-4-6-12-5-1-2-9-15(12)16;/h1-27H;1-14,16-17H,15H2;1-11H;1H4. The molecule has 2 aromatic heterocycles. The maximum absolute atomic E-state index is 6.39. The van der Waals surface area contributed by atoms with Gasteiger partial charge in [0.15, 0.2) is 0 Å². The second-order valence-corrected chi connectivity index (χ2v) is 23.7. The van der Waals surface area contributed by atoms with E-state index >= 15 is 0 Å². The Labute approximate surface area is 531 Å². The van der Waals surface area contributed by atoms with Crippen LogP contribution in [0.3, 0.4) is 0 Å². The molecule has 0 amide bonds. The molecule has 0 atom stereocenters. The SMILES string of the molecule is Brc1cccc(-c2cccc3ccccc23)c1.C.c1cc(-c2cccc3ccccc23)cc(N(c2ccc3c(c2)oc2ccccc23)c2cc3ccccc3c3ccccc23)c1.c1ccc2c(c1)cc(Cc1ccc3c(c1)oc1ccccc13)c1ccccc12. The van der Waals surface area contributed by atoms with Crippen molar-refractivity contribution < 1.29 is 8.83 Å². The lowest BCUT2D eigenvalue weighted by Crippen LogP contribution is -2.10. The first-order chi connectivity index (χ1) is 44.0. The van der Waals surface area contributed by atoms with Gasteiger partial charge in [0.1, 0.15) is 22.3 Å². The zero-order chi connectivity index (χ0) is 59.2. The van der Waals surface area contributed by atoms with Gasteiger partial charge in [-0.25, -0.2) is 0 Å². The molecule has 90 heavy (non-hydrogen) atoms. The van der Waals surface area contributed by atoms with E-state index in [0.29, 0.717) is 0 Å². The molecule has 428 valence electrons. The first-order valence-electron chi connectivity index (χ1n) is 30.3. The van der Waals surface area contributed by atoms with Crippen LogP contribution in [0.5, 0.6) is 0 Å². The first-order valence-corrected chi connectivity index (χ1v) is 31.1. The fourth-order valence-electron chi connectivity index (χ4n) is 13.3. The van der Waals surface area contributed by atoms with Crippen molar-refractivity contribution in [1.82, 2.24) is 0 Å². The molecule has 0 unspecified atom stereocenters. The van der Waals surface area contributed by atoms with Crippen LogP contribution in [0.4, 0.5) is 17.1 Å². The lowest BCUT2D eigenvalue weighted by molar-refractivity contribution is 0.668. The maximum atomic E-state index is 6.39. The minimum absolute atomic E-state index is 0. The van der Waals surface area contributed by atoms with Crippen LogP contribution in [-0.2, 0) is 6.42 Å². The number of nitrogens with zero attached hydrogens (tertiary/aromatic N) is 1. The number of rotatable bonds is 7. The molecule has 18 aromatic rings. The van der Waals surface area contributed by atoms with Gasteiger partial charge in [0.25, 0.3) is 0 Å². The lowest BCUT2D eigenvalue weighted by Gasteiger charge is -2.28. The van der Waals surface area contributed by atoms with Gasteiger partial charge in [-0.1, -0.05) is 284 Å². The Morgan fingerprint density at radius 2 is 0.689 bits per heavy atom. The monoisotopic (exact) mass is 1220 g/mol. The van der Waals surface area contributed by atoms with Crippen LogP contribution in [0.25, 0.3) is 131 Å². The number of para-hydroxylation sites is 2. The molecule has 0 radical (unpaired) electrons. The summed E-state index contributed by atoms with van der Waals surface area (Å²) >= 11 is 3.52. The summed E-state index contributed by atoms with van der Waals surface area (Å²) in [5.74, 6) is 0. The fraction of sp³-hybridized carbons (Fsp3) is 0.0233. The number of anilines is 3. The molecule has 0 aliphatic rings. The Hall–Kier alpha value is -11.0. The smallest absolute Gasteiger partial charge is 0.137 e. The van der Waals surface area contributed by atoms with Crippen LogP contribution >= 0.6 is 15.9 Å². The number of hydrogen-bond acceptors (Lipinski definition) is 3. The van der Waals surface area contributed by atoms with Crippen LogP contribution in [0.1, 0.15) is 18.6 Å². The highest BCUT2D eigenvalue weighted by molar-refractivity contribution is 9.10. The van der Waals surface area contributed by atoms with Gasteiger partial charge in [-0.3, -0.25) is 0 Å². The van der Waals surface area contributed by atoms with Gasteiger partial charge in [-0.2, -0.15) is 0 Å². The lowest BCUT2D eigenvalue weighted by atomic mass is 9.93. The van der Waals surface area contributed by atoms with E-state index in [9.17, 15) is 0 Å². The van der Waals surface area contributed by atoms with E-state index < -0.39 is 0 Å². The van der Waals surface area contributed by atoms with Gasteiger partial charge in [0, 0.05) is 48.8 Å². The molecule has 2 heterocycles. The second kappa shape index (κ2) is 23.9. The zero-order valence-electron chi connectivity index (χ0n) is 48.5. The molecule has 0 aliphatic carbocycles. The number of furan rings is 2. The predicted octanol–water partition coefficient (Wildman–Crippen LogP) is 25.6. The average molecular weight is 1220 g/mol. The molecule has 0 bridgehead atoms. The first kappa shape index (κ1) is 55.5. The van der Waals surface area contributed by atoms with Crippen LogP contribution in [0.2, 0.25) is 0 Å². The fourth-order valence-corrected chi connectivity index (χ4v) is 13.7. The Balaban J connectivity index is 0.000000125. The van der Waals surface area contributed by atoms with Gasteiger partial charge in [0.2, 0.25) is 0 Å². The Morgan fingerprint density at radius 1 is 0.267 bits per heavy atom.